The molecule has 17 heavy (non-hydrogen) atoms. The van der Waals surface area contributed by atoms with E-state index in [9.17, 15) is 9.00 Å². The second-order valence-corrected chi connectivity index (χ2v) is 5.90. The summed E-state index contributed by atoms with van der Waals surface area (Å²) in [6.07, 6.45) is 0. The van der Waals surface area contributed by atoms with E-state index in [0.717, 1.165) is 0 Å². The minimum atomic E-state index is -0.766. The number of carbonyl (C=O) groups excluding carboxylic acids is 1. The Hall–Kier alpha value is -1.07. The predicted octanol–water partition coefficient (Wildman–Crippen LogP) is 1.94. The highest BCUT2D eigenvalue weighted by Crippen LogP contribution is 2.14. The van der Waals surface area contributed by atoms with Crippen molar-refractivity contribution in [3.63, 3.8) is 0 Å². The molecule has 0 aromatic heterocycles. The average molecular weight is 273 g/mol. The molecule has 0 atom stereocenters. The van der Waals surface area contributed by atoms with Gasteiger partial charge in [0.2, 0.25) is 0 Å². The molecule has 0 radical (unpaired) electrons. The number of nitrogens with one attached hydrogen (secondary N) is 1. The Morgan fingerprint density at radius 1 is 1.24 bits per heavy atom. The van der Waals surface area contributed by atoms with Crippen molar-refractivity contribution in [1.82, 2.24) is 4.90 Å². The molecule has 1 heterocycles. The molecule has 6 heteroatoms. The highest BCUT2D eigenvalue weighted by atomic mass is 35.5. The van der Waals surface area contributed by atoms with Gasteiger partial charge in [-0.3, -0.25) is 4.21 Å². The maximum atomic E-state index is 11.8. The van der Waals surface area contributed by atoms with Gasteiger partial charge in [-0.25, -0.2) is 4.79 Å². The smallest absolute Gasteiger partial charge is 0.321 e. The summed E-state index contributed by atoms with van der Waals surface area (Å²) in [6.45, 7) is 1.10. The van der Waals surface area contributed by atoms with Crippen LogP contribution in [0.3, 0.4) is 0 Å². The van der Waals surface area contributed by atoms with Gasteiger partial charge in [0, 0.05) is 46.1 Å². The van der Waals surface area contributed by atoms with Gasteiger partial charge in [-0.15, -0.1) is 0 Å². The minimum absolute atomic E-state index is 0.149. The van der Waals surface area contributed by atoms with E-state index in [-0.39, 0.29) is 6.03 Å². The van der Waals surface area contributed by atoms with Crippen LogP contribution >= 0.6 is 11.6 Å². The fraction of sp³-hybridized carbons (Fsp3) is 0.364. The summed E-state index contributed by atoms with van der Waals surface area (Å²) in [5.41, 5.74) is 0.714. The zero-order chi connectivity index (χ0) is 12.3. The van der Waals surface area contributed by atoms with Crippen LogP contribution < -0.4 is 5.32 Å². The zero-order valence-corrected chi connectivity index (χ0v) is 10.8. The van der Waals surface area contributed by atoms with Crippen molar-refractivity contribution in [1.29, 1.82) is 0 Å². The van der Waals surface area contributed by atoms with Crippen molar-refractivity contribution >= 4 is 34.1 Å². The van der Waals surface area contributed by atoms with E-state index in [2.05, 4.69) is 5.32 Å². The van der Waals surface area contributed by atoms with Gasteiger partial charge < -0.3 is 10.2 Å². The molecular formula is C11H13ClN2O2S. The van der Waals surface area contributed by atoms with Crippen LogP contribution in [-0.4, -0.2) is 39.7 Å². The molecule has 2 amide bonds. The molecule has 1 aliphatic rings. The van der Waals surface area contributed by atoms with E-state index in [4.69, 9.17) is 11.6 Å². The molecule has 0 unspecified atom stereocenters. The van der Waals surface area contributed by atoms with Gasteiger partial charge in [0.15, 0.2) is 0 Å². The fourth-order valence-electron chi connectivity index (χ4n) is 1.58. The summed E-state index contributed by atoms with van der Waals surface area (Å²) in [5, 5.41) is 3.42. The number of halogens is 1. The number of carbonyl (C=O) groups is 1. The second kappa shape index (κ2) is 5.51. The lowest BCUT2D eigenvalue weighted by Gasteiger charge is -2.26. The van der Waals surface area contributed by atoms with Gasteiger partial charge >= 0.3 is 6.03 Å². The number of urea groups is 1. The number of hydrogen-bond acceptors (Lipinski definition) is 2. The predicted molar refractivity (Wildman–Crippen MR) is 69.9 cm³/mol. The zero-order valence-electron chi connectivity index (χ0n) is 9.19. The number of nitrogens with zero attached hydrogens (tertiary/aromatic N) is 1. The third-order valence-corrected chi connectivity index (χ3v) is 4.09. The number of rotatable bonds is 1. The lowest BCUT2D eigenvalue weighted by atomic mass is 10.3. The van der Waals surface area contributed by atoms with Crippen molar-refractivity contribution in [2.24, 2.45) is 0 Å². The van der Waals surface area contributed by atoms with Gasteiger partial charge in [-0.1, -0.05) is 11.6 Å². The monoisotopic (exact) mass is 272 g/mol. The number of hydrogen-bond donors (Lipinski definition) is 1. The summed E-state index contributed by atoms with van der Waals surface area (Å²) in [5.74, 6) is 1.13. The highest BCUT2D eigenvalue weighted by molar-refractivity contribution is 7.85. The standard InChI is InChI=1S/C11H13ClN2O2S/c12-9-1-3-10(4-2-9)13-11(15)14-5-7-17(16)8-6-14/h1-4H,5-8H2,(H,13,15). The first-order chi connectivity index (χ1) is 8.15. The van der Waals surface area contributed by atoms with E-state index in [1.165, 1.54) is 0 Å². The summed E-state index contributed by atoms with van der Waals surface area (Å²) in [6, 6.07) is 6.80. The molecule has 1 aliphatic heterocycles. The lowest BCUT2D eigenvalue weighted by Crippen LogP contribution is -2.43. The summed E-state index contributed by atoms with van der Waals surface area (Å²) in [7, 11) is -0.766. The van der Waals surface area contributed by atoms with Crippen molar-refractivity contribution < 1.29 is 9.00 Å². The van der Waals surface area contributed by atoms with E-state index in [1.807, 2.05) is 0 Å². The topological polar surface area (TPSA) is 49.4 Å². The van der Waals surface area contributed by atoms with Crippen molar-refractivity contribution in [2.45, 2.75) is 0 Å². The van der Waals surface area contributed by atoms with Crippen LogP contribution in [0.5, 0.6) is 0 Å². The second-order valence-electron chi connectivity index (χ2n) is 3.77. The molecule has 0 saturated carbocycles. The quantitative estimate of drug-likeness (QED) is 0.849. The number of amides is 2. The molecule has 1 aromatic rings. The number of anilines is 1. The van der Waals surface area contributed by atoms with E-state index in [0.29, 0.717) is 35.3 Å². The largest absolute Gasteiger partial charge is 0.323 e. The van der Waals surface area contributed by atoms with Gasteiger partial charge in [-0.2, -0.15) is 0 Å². The van der Waals surface area contributed by atoms with Crippen LogP contribution in [0, 0.1) is 0 Å². The maximum absolute atomic E-state index is 11.8. The van der Waals surface area contributed by atoms with Crippen LogP contribution in [-0.2, 0) is 10.8 Å². The fourth-order valence-corrected chi connectivity index (χ4v) is 2.75. The van der Waals surface area contributed by atoms with Crippen molar-refractivity contribution in [2.75, 3.05) is 29.9 Å². The van der Waals surface area contributed by atoms with Crippen molar-refractivity contribution in [3.8, 4) is 0 Å². The Labute approximate surface area is 107 Å². The van der Waals surface area contributed by atoms with Crippen molar-refractivity contribution in [3.05, 3.63) is 29.3 Å². The average Bonchev–Trinajstić information content (AvgIpc) is 2.33. The van der Waals surface area contributed by atoms with Gasteiger partial charge in [0.25, 0.3) is 0 Å². The minimum Gasteiger partial charge on any atom is -0.323 e. The molecule has 1 N–H and O–H groups in total. The van der Waals surface area contributed by atoms with Crippen LogP contribution in [0.1, 0.15) is 0 Å². The first kappa shape index (κ1) is 12.4. The molecule has 2 rings (SSSR count). The van der Waals surface area contributed by atoms with Crippen LogP contribution in [0.25, 0.3) is 0 Å². The molecule has 0 aliphatic carbocycles. The maximum Gasteiger partial charge on any atom is 0.321 e. The lowest BCUT2D eigenvalue weighted by molar-refractivity contribution is 0.216. The molecule has 1 saturated heterocycles. The first-order valence-electron chi connectivity index (χ1n) is 5.31. The van der Waals surface area contributed by atoms with Gasteiger partial charge in [-0.05, 0) is 24.3 Å². The molecule has 1 aromatic carbocycles. The Kier molecular flexibility index (Phi) is 4.02. The third-order valence-electron chi connectivity index (χ3n) is 2.56. The SMILES string of the molecule is O=C(Nc1ccc(Cl)cc1)N1CCS(=O)CC1. The van der Waals surface area contributed by atoms with Gasteiger partial charge in [0.1, 0.15) is 0 Å². The van der Waals surface area contributed by atoms with Crippen LogP contribution in [0.15, 0.2) is 24.3 Å². The first-order valence-corrected chi connectivity index (χ1v) is 7.18. The van der Waals surface area contributed by atoms with E-state index in [1.54, 1.807) is 29.2 Å². The molecule has 4 nitrogen and oxygen atoms in total. The van der Waals surface area contributed by atoms with Crippen LogP contribution in [0.2, 0.25) is 5.02 Å². The third kappa shape index (κ3) is 3.44. The van der Waals surface area contributed by atoms with Gasteiger partial charge in [0.05, 0.1) is 0 Å². The van der Waals surface area contributed by atoms with E-state index < -0.39 is 10.8 Å². The Bertz CT molecular complexity index is 426. The Balaban J connectivity index is 1.92. The summed E-state index contributed by atoms with van der Waals surface area (Å²) >= 11 is 5.76. The van der Waals surface area contributed by atoms with Crippen LogP contribution in [0.4, 0.5) is 10.5 Å². The molecule has 0 bridgehead atoms. The van der Waals surface area contributed by atoms with E-state index >= 15 is 0 Å². The highest BCUT2D eigenvalue weighted by Gasteiger charge is 2.19. The molecule has 0 spiro atoms. The normalized spacial score (nSPS) is 16.9. The summed E-state index contributed by atoms with van der Waals surface area (Å²) in [4.78, 5) is 13.5. The Morgan fingerprint density at radius 2 is 1.82 bits per heavy atom. The molecular weight excluding hydrogens is 260 g/mol. The summed E-state index contributed by atoms with van der Waals surface area (Å²) < 4.78 is 11.2. The molecule has 92 valence electrons. The Morgan fingerprint density at radius 3 is 2.41 bits per heavy atom. The molecule has 1 fully saturated rings. The number of benzene rings is 1.